The number of fused-ring (bicyclic) bond motifs is 2. The summed E-state index contributed by atoms with van der Waals surface area (Å²) < 4.78 is 41.1. The van der Waals surface area contributed by atoms with Gasteiger partial charge in [-0.1, -0.05) is 12.1 Å². The van der Waals surface area contributed by atoms with Crippen LogP contribution in [0.3, 0.4) is 0 Å². The Balaban J connectivity index is 1.49. The van der Waals surface area contributed by atoms with Crippen molar-refractivity contribution in [1.82, 2.24) is 9.62 Å². The van der Waals surface area contributed by atoms with Gasteiger partial charge in [0.2, 0.25) is 10.0 Å². The quantitative estimate of drug-likeness (QED) is 0.854. The highest BCUT2D eigenvalue weighted by atomic mass is 32.2. The van der Waals surface area contributed by atoms with E-state index in [2.05, 4.69) is 5.32 Å². The van der Waals surface area contributed by atoms with E-state index in [4.69, 9.17) is 0 Å². The minimum Gasteiger partial charge on any atom is -0.349 e. The number of amides is 1. The molecule has 4 rings (SSSR count). The standard InChI is InChI=1S/C21H23FN2O3S/c1-14-3-2-4-20(11-14)28(26,27)24-18-9-10-19(24)13-17(12-18)23-21(25)15-5-7-16(22)8-6-15/h2-8,11,17-19H,9-10,12-13H2,1H3,(H,23,25)/t17?,18-,19+. The van der Waals surface area contributed by atoms with Crippen LogP contribution in [0.25, 0.3) is 0 Å². The lowest BCUT2D eigenvalue weighted by atomic mass is 9.99. The average Bonchev–Trinajstić information content (AvgIpc) is 2.94. The predicted octanol–water partition coefficient (Wildman–Crippen LogP) is 3.25. The molecule has 2 heterocycles. The Hall–Kier alpha value is -2.25. The van der Waals surface area contributed by atoms with E-state index in [1.165, 1.54) is 24.3 Å². The molecule has 2 aromatic carbocycles. The minimum absolute atomic E-state index is 0.0842. The Morgan fingerprint density at radius 1 is 1.07 bits per heavy atom. The van der Waals surface area contributed by atoms with Crippen LogP contribution in [0.2, 0.25) is 0 Å². The van der Waals surface area contributed by atoms with Gasteiger partial charge in [-0.25, -0.2) is 12.8 Å². The van der Waals surface area contributed by atoms with Crippen molar-refractivity contribution in [3.63, 3.8) is 0 Å². The fraction of sp³-hybridized carbons (Fsp3) is 0.381. The van der Waals surface area contributed by atoms with Crippen molar-refractivity contribution in [1.29, 1.82) is 0 Å². The topological polar surface area (TPSA) is 66.5 Å². The summed E-state index contributed by atoms with van der Waals surface area (Å²) in [6.07, 6.45) is 2.79. The number of hydrogen-bond acceptors (Lipinski definition) is 3. The molecular weight excluding hydrogens is 379 g/mol. The van der Waals surface area contributed by atoms with Crippen LogP contribution >= 0.6 is 0 Å². The molecule has 0 spiro atoms. The highest BCUT2D eigenvalue weighted by molar-refractivity contribution is 7.89. The molecule has 7 heteroatoms. The zero-order chi connectivity index (χ0) is 19.9. The van der Waals surface area contributed by atoms with Crippen LogP contribution in [0.5, 0.6) is 0 Å². The lowest BCUT2D eigenvalue weighted by molar-refractivity contribution is 0.0909. The SMILES string of the molecule is Cc1cccc(S(=O)(=O)N2[C@@H]3CC[C@H]2CC(NC(=O)c2ccc(F)cc2)C3)c1. The monoisotopic (exact) mass is 402 g/mol. The van der Waals surface area contributed by atoms with Crippen molar-refractivity contribution in [3.05, 3.63) is 65.5 Å². The van der Waals surface area contributed by atoms with E-state index in [-0.39, 0.29) is 29.8 Å². The molecule has 1 amide bonds. The molecule has 2 saturated heterocycles. The van der Waals surface area contributed by atoms with E-state index in [0.29, 0.717) is 23.3 Å². The molecule has 0 aliphatic carbocycles. The molecule has 28 heavy (non-hydrogen) atoms. The van der Waals surface area contributed by atoms with Crippen molar-refractivity contribution >= 4 is 15.9 Å². The number of carbonyl (C=O) groups excluding carboxylic acids is 1. The Morgan fingerprint density at radius 2 is 1.71 bits per heavy atom. The number of aryl methyl sites for hydroxylation is 1. The third-order valence-corrected chi connectivity index (χ3v) is 7.67. The van der Waals surface area contributed by atoms with Gasteiger partial charge in [0.05, 0.1) is 4.90 Å². The normalized spacial score (nSPS) is 24.9. The Morgan fingerprint density at radius 3 is 2.32 bits per heavy atom. The van der Waals surface area contributed by atoms with Crippen LogP contribution < -0.4 is 5.32 Å². The third kappa shape index (κ3) is 3.56. The van der Waals surface area contributed by atoms with Crippen LogP contribution in [0, 0.1) is 12.7 Å². The number of benzene rings is 2. The highest BCUT2D eigenvalue weighted by Crippen LogP contribution is 2.40. The van der Waals surface area contributed by atoms with Crippen molar-refractivity contribution in [2.24, 2.45) is 0 Å². The first-order chi connectivity index (χ1) is 13.3. The third-order valence-electron chi connectivity index (χ3n) is 5.67. The molecule has 148 valence electrons. The van der Waals surface area contributed by atoms with Crippen LogP contribution in [0.1, 0.15) is 41.6 Å². The fourth-order valence-corrected chi connectivity index (χ4v) is 6.41. The molecule has 5 nitrogen and oxygen atoms in total. The number of hydrogen-bond donors (Lipinski definition) is 1. The summed E-state index contributed by atoms with van der Waals surface area (Å²) in [5.74, 6) is -0.636. The van der Waals surface area contributed by atoms with Crippen LogP contribution in [0.4, 0.5) is 4.39 Å². The maximum atomic E-state index is 13.2. The van der Waals surface area contributed by atoms with Gasteiger partial charge in [0.15, 0.2) is 0 Å². The number of halogens is 1. The highest BCUT2D eigenvalue weighted by Gasteiger charge is 2.47. The smallest absolute Gasteiger partial charge is 0.251 e. The fourth-order valence-electron chi connectivity index (χ4n) is 4.41. The summed E-state index contributed by atoms with van der Waals surface area (Å²) in [6.45, 7) is 1.88. The van der Waals surface area contributed by atoms with Gasteiger partial charge >= 0.3 is 0 Å². The van der Waals surface area contributed by atoms with Gasteiger partial charge in [0.1, 0.15) is 5.82 Å². The summed E-state index contributed by atoms with van der Waals surface area (Å²) >= 11 is 0. The molecule has 1 unspecified atom stereocenters. The van der Waals surface area contributed by atoms with Crippen LogP contribution in [0.15, 0.2) is 53.4 Å². The van der Waals surface area contributed by atoms with Gasteiger partial charge in [-0.05, 0) is 74.6 Å². The second kappa shape index (κ2) is 7.29. The zero-order valence-corrected chi connectivity index (χ0v) is 16.5. The Kier molecular flexibility index (Phi) is 4.97. The first-order valence-corrected chi connectivity index (χ1v) is 11.0. The summed E-state index contributed by atoms with van der Waals surface area (Å²) in [6, 6.07) is 12.1. The number of piperidine rings is 1. The summed E-state index contributed by atoms with van der Waals surface area (Å²) in [5.41, 5.74) is 1.32. The molecule has 2 bridgehead atoms. The predicted molar refractivity (Wildman–Crippen MR) is 104 cm³/mol. The second-order valence-electron chi connectivity index (χ2n) is 7.69. The molecule has 0 aromatic heterocycles. The Labute approximate surface area is 164 Å². The van der Waals surface area contributed by atoms with E-state index >= 15 is 0 Å². The molecule has 3 atom stereocenters. The number of nitrogens with one attached hydrogen (secondary N) is 1. The number of rotatable bonds is 4. The molecular formula is C21H23FN2O3S. The molecule has 2 aromatic rings. The van der Waals surface area contributed by atoms with Gasteiger partial charge in [-0.15, -0.1) is 0 Å². The number of nitrogens with zero attached hydrogens (tertiary/aromatic N) is 1. The van der Waals surface area contributed by atoms with Gasteiger partial charge in [-0.3, -0.25) is 4.79 Å². The molecule has 1 N–H and O–H groups in total. The van der Waals surface area contributed by atoms with Gasteiger partial charge in [0, 0.05) is 23.7 Å². The lowest BCUT2D eigenvalue weighted by Crippen LogP contribution is -2.52. The summed E-state index contributed by atoms with van der Waals surface area (Å²) in [7, 11) is -3.55. The maximum absolute atomic E-state index is 13.2. The van der Waals surface area contributed by atoms with E-state index in [1.807, 2.05) is 13.0 Å². The van der Waals surface area contributed by atoms with Crippen molar-refractivity contribution < 1.29 is 17.6 Å². The average molecular weight is 402 g/mol. The number of sulfonamides is 1. The summed E-state index contributed by atoms with van der Waals surface area (Å²) in [5, 5.41) is 2.99. The molecule has 2 fully saturated rings. The van der Waals surface area contributed by atoms with Gasteiger partial charge < -0.3 is 5.32 Å². The van der Waals surface area contributed by atoms with E-state index < -0.39 is 10.0 Å². The molecule has 0 radical (unpaired) electrons. The zero-order valence-electron chi connectivity index (χ0n) is 15.6. The molecule has 2 aliphatic rings. The van der Waals surface area contributed by atoms with Crippen molar-refractivity contribution in [2.45, 2.75) is 55.6 Å². The van der Waals surface area contributed by atoms with Gasteiger partial charge in [-0.2, -0.15) is 4.31 Å². The maximum Gasteiger partial charge on any atom is 0.251 e. The number of carbonyl (C=O) groups is 1. The van der Waals surface area contributed by atoms with E-state index in [9.17, 15) is 17.6 Å². The molecule has 0 saturated carbocycles. The van der Waals surface area contributed by atoms with E-state index in [0.717, 1.165) is 18.4 Å². The van der Waals surface area contributed by atoms with Crippen LogP contribution in [-0.2, 0) is 10.0 Å². The second-order valence-corrected chi connectivity index (χ2v) is 9.53. The first kappa shape index (κ1) is 19.1. The lowest BCUT2D eigenvalue weighted by Gasteiger charge is -2.38. The van der Waals surface area contributed by atoms with E-state index in [1.54, 1.807) is 22.5 Å². The minimum atomic E-state index is -3.55. The Bertz CT molecular complexity index is 977. The summed E-state index contributed by atoms with van der Waals surface area (Å²) in [4.78, 5) is 12.8. The van der Waals surface area contributed by atoms with Gasteiger partial charge in [0.25, 0.3) is 5.91 Å². The van der Waals surface area contributed by atoms with Crippen LogP contribution in [-0.4, -0.2) is 36.8 Å². The van der Waals surface area contributed by atoms with Crippen molar-refractivity contribution in [3.8, 4) is 0 Å². The first-order valence-electron chi connectivity index (χ1n) is 9.51. The van der Waals surface area contributed by atoms with Crippen molar-refractivity contribution in [2.75, 3.05) is 0 Å². The molecule has 2 aliphatic heterocycles. The largest absolute Gasteiger partial charge is 0.349 e.